The van der Waals surface area contributed by atoms with Gasteiger partial charge in [-0.1, -0.05) is 41.1 Å². The number of ether oxygens (including phenoxy) is 1. The molecule has 1 amide bonds. The summed E-state index contributed by atoms with van der Waals surface area (Å²) in [5, 5.41) is 3.58. The highest BCUT2D eigenvalue weighted by molar-refractivity contribution is 7.23. The number of hydrogen-bond donors (Lipinski definition) is 1. The highest BCUT2D eigenvalue weighted by atomic mass is 35.5. The third-order valence-electron chi connectivity index (χ3n) is 5.14. The molecule has 0 fully saturated rings. The van der Waals surface area contributed by atoms with Crippen LogP contribution in [0.15, 0.2) is 72.9 Å². The summed E-state index contributed by atoms with van der Waals surface area (Å²) in [4.78, 5) is 18.3. The van der Waals surface area contributed by atoms with Gasteiger partial charge in [0.25, 0.3) is 5.91 Å². The molecular formula is C24H18ClN3O2S. The SMILES string of the molecule is COc1ccc(-c2cn3c(n2)sc2cc(C(=O)NCc4ccccc4Cl)ccc23)cc1. The number of fused-ring (bicyclic) bond motifs is 3. The van der Waals surface area contributed by atoms with E-state index in [1.165, 1.54) is 0 Å². The summed E-state index contributed by atoms with van der Waals surface area (Å²) in [6.45, 7) is 0.384. The van der Waals surface area contributed by atoms with Crippen LogP contribution in [0.5, 0.6) is 5.75 Å². The number of carbonyl (C=O) groups is 1. The van der Waals surface area contributed by atoms with E-state index >= 15 is 0 Å². The zero-order valence-electron chi connectivity index (χ0n) is 16.6. The predicted molar refractivity (Wildman–Crippen MR) is 125 cm³/mol. The Morgan fingerprint density at radius 3 is 2.71 bits per heavy atom. The molecule has 2 aromatic heterocycles. The minimum absolute atomic E-state index is 0.133. The highest BCUT2D eigenvalue weighted by Gasteiger charge is 2.13. The van der Waals surface area contributed by atoms with Crippen LogP contribution in [0.1, 0.15) is 15.9 Å². The third kappa shape index (κ3) is 3.76. The van der Waals surface area contributed by atoms with Crippen LogP contribution in [0, 0.1) is 0 Å². The zero-order valence-corrected chi connectivity index (χ0v) is 18.2. The molecule has 0 spiro atoms. The number of aromatic nitrogens is 2. The number of nitrogens with one attached hydrogen (secondary N) is 1. The molecule has 0 atom stereocenters. The molecule has 2 heterocycles. The molecule has 1 N–H and O–H groups in total. The maximum absolute atomic E-state index is 12.6. The van der Waals surface area contributed by atoms with Crippen molar-refractivity contribution in [1.82, 2.24) is 14.7 Å². The lowest BCUT2D eigenvalue weighted by atomic mass is 10.1. The average Bonchev–Trinajstić information content (AvgIpc) is 3.36. The van der Waals surface area contributed by atoms with Crippen molar-refractivity contribution in [2.75, 3.05) is 7.11 Å². The smallest absolute Gasteiger partial charge is 0.251 e. The van der Waals surface area contributed by atoms with Crippen molar-refractivity contribution in [3.8, 4) is 17.0 Å². The number of nitrogens with zero attached hydrogens (tertiary/aromatic N) is 2. The van der Waals surface area contributed by atoms with Gasteiger partial charge in [-0.3, -0.25) is 9.20 Å². The lowest BCUT2D eigenvalue weighted by molar-refractivity contribution is 0.0951. The number of amides is 1. The number of imidazole rings is 1. The van der Waals surface area contributed by atoms with Crippen molar-refractivity contribution in [2.24, 2.45) is 0 Å². The van der Waals surface area contributed by atoms with Crippen molar-refractivity contribution in [1.29, 1.82) is 0 Å². The number of thiazole rings is 1. The Labute approximate surface area is 187 Å². The average molecular weight is 448 g/mol. The molecule has 5 aromatic rings. The zero-order chi connectivity index (χ0) is 21.4. The second kappa shape index (κ2) is 8.06. The van der Waals surface area contributed by atoms with Crippen LogP contribution in [0.3, 0.4) is 0 Å². The van der Waals surface area contributed by atoms with Gasteiger partial charge < -0.3 is 10.1 Å². The number of rotatable bonds is 5. The van der Waals surface area contributed by atoms with Gasteiger partial charge in [-0.2, -0.15) is 0 Å². The van der Waals surface area contributed by atoms with Gasteiger partial charge in [0, 0.05) is 28.9 Å². The summed E-state index contributed by atoms with van der Waals surface area (Å²) in [6.07, 6.45) is 2.02. The molecule has 5 nitrogen and oxygen atoms in total. The fourth-order valence-corrected chi connectivity index (χ4v) is 4.71. The lowest BCUT2D eigenvalue weighted by Crippen LogP contribution is -2.22. The van der Waals surface area contributed by atoms with Crippen LogP contribution in [0.4, 0.5) is 0 Å². The van der Waals surface area contributed by atoms with Crippen LogP contribution in [0.2, 0.25) is 5.02 Å². The Morgan fingerprint density at radius 1 is 1.13 bits per heavy atom. The molecule has 31 heavy (non-hydrogen) atoms. The largest absolute Gasteiger partial charge is 0.497 e. The van der Waals surface area contributed by atoms with Gasteiger partial charge in [0.15, 0.2) is 4.96 Å². The quantitative estimate of drug-likeness (QED) is 0.370. The van der Waals surface area contributed by atoms with Crippen molar-refractivity contribution < 1.29 is 9.53 Å². The molecule has 0 radical (unpaired) electrons. The topological polar surface area (TPSA) is 55.6 Å². The van der Waals surface area contributed by atoms with Gasteiger partial charge in [-0.05, 0) is 54.1 Å². The number of halogens is 1. The minimum atomic E-state index is -0.133. The summed E-state index contributed by atoms with van der Waals surface area (Å²) in [5.74, 6) is 0.683. The Bertz CT molecular complexity index is 1410. The van der Waals surface area contributed by atoms with Crippen LogP contribution < -0.4 is 10.1 Å². The van der Waals surface area contributed by atoms with Crippen LogP contribution in [-0.2, 0) is 6.54 Å². The second-order valence-corrected chi connectivity index (χ2v) is 8.48. The minimum Gasteiger partial charge on any atom is -0.497 e. The lowest BCUT2D eigenvalue weighted by Gasteiger charge is -2.07. The third-order valence-corrected chi connectivity index (χ3v) is 6.53. The molecule has 0 aliphatic heterocycles. The molecular weight excluding hydrogens is 430 g/mol. The van der Waals surface area contributed by atoms with E-state index in [2.05, 4.69) is 9.72 Å². The van der Waals surface area contributed by atoms with Crippen molar-refractivity contribution in [2.45, 2.75) is 6.54 Å². The molecule has 3 aromatic carbocycles. The Hall–Kier alpha value is -3.35. The number of benzene rings is 3. The molecule has 5 rings (SSSR count). The Kier molecular flexibility index (Phi) is 5.10. The summed E-state index contributed by atoms with van der Waals surface area (Å²) in [7, 11) is 1.65. The van der Waals surface area contributed by atoms with Gasteiger partial charge in [-0.15, -0.1) is 0 Å². The first-order valence-corrected chi connectivity index (χ1v) is 10.9. The standard InChI is InChI=1S/C24H18ClN3O2S/c1-30-18-9-6-15(7-10-18)20-14-28-21-11-8-16(12-22(21)31-24(28)27-20)23(29)26-13-17-4-2-3-5-19(17)25/h2-12,14H,13H2,1H3,(H,26,29). The summed E-state index contributed by atoms with van der Waals surface area (Å²) < 4.78 is 8.29. The van der Waals surface area contributed by atoms with Gasteiger partial charge in [0.1, 0.15) is 5.75 Å². The predicted octanol–water partition coefficient (Wildman–Crippen LogP) is 5.81. The van der Waals surface area contributed by atoms with E-state index in [9.17, 15) is 4.79 Å². The summed E-state index contributed by atoms with van der Waals surface area (Å²) in [5.41, 5.74) is 4.45. The van der Waals surface area contributed by atoms with E-state index in [0.29, 0.717) is 17.1 Å². The molecule has 154 valence electrons. The molecule has 7 heteroatoms. The van der Waals surface area contributed by atoms with E-state index in [1.54, 1.807) is 18.4 Å². The van der Waals surface area contributed by atoms with Gasteiger partial charge >= 0.3 is 0 Å². The first-order chi connectivity index (χ1) is 15.1. The molecule has 0 saturated carbocycles. The van der Waals surface area contributed by atoms with E-state index < -0.39 is 0 Å². The highest BCUT2D eigenvalue weighted by Crippen LogP contribution is 2.30. The number of hydrogen-bond acceptors (Lipinski definition) is 4. The fourth-order valence-electron chi connectivity index (χ4n) is 3.46. The molecule has 0 bridgehead atoms. The number of methoxy groups -OCH3 is 1. The normalized spacial score (nSPS) is 11.2. The fraction of sp³-hybridized carbons (Fsp3) is 0.0833. The van der Waals surface area contributed by atoms with Gasteiger partial charge in [-0.25, -0.2) is 4.98 Å². The molecule has 0 saturated heterocycles. The monoisotopic (exact) mass is 447 g/mol. The number of carbonyl (C=O) groups excluding carboxylic acids is 1. The van der Waals surface area contributed by atoms with Crippen molar-refractivity contribution in [3.05, 3.63) is 89.1 Å². The first kappa shape index (κ1) is 19.6. The van der Waals surface area contributed by atoms with E-state index in [4.69, 9.17) is 21.3 Å². The molecule has 0 aliphatic rings. The Balaban J connectivity index is 1.39. The van der Waals surface area contributed by atoms with E-state index in [-0.39, 0.29) is 5.91 Å². The van der Waals surface area contributed by atoms with Crippen molar-refractivity contribution >= 4 is 44.0 Å². The van der Waals surface area contributed by atoms with Crippen LogP contribution in [-0.4, -0.2) is 22.4 Å². The van der Waals surface area contributed by atoms with Crippen LogP contribution in [0.25, 0.3) is 26.4 Å². The first-order valence-electron chi connectivity index (χ1n) is 9.70. The van der Waals surface area contributed by atoms with E-state index in [0.717, 1.165) is 37.7 Å². The van der Waals surface area contributed by atoms with Gasteiger partial charge in [0.05, 0.1) is 23.0 Å². The maximum atomic E-state index is 12.6. The molecule has 0 aliphatic carbocycles. The van der Waals surface area contributed by atoms with Crippen LogP contribution >= 0.6 is 22.9 Å². The molecule has 0 unspecified atom stereocenters. The maximum Gasteiger partial charge on any atom is 0.251 e. The van der Waals surface area contributed by atoms with Crippen molar-refractivity contribution in [3.63, 3.8) is 0 Å². The van der Waals surface area contributed by atoms with Gasteiger partial charge in [0.2, 0.25) is 0 Å². The summed E-state index contributed by atoms with van der Waals surface area (Å²) >= 11 is 7.73. The second-order valence-electron chi connectivity index (χ2n) is 7.07. The summed E-state index contributed by atoms with van der Waals surface area (Å²) in [6, 6.07) is 21.0. The Morgan fingerprint density at radius 2 is 1.94 bits per heavy atom. The van der Waals surface area contributed by atoms with E-state index in [1.807, 2.05) is 72.9 Å².